The first-order valence-electron chi connectivity index (χ1n) is 10.7. The van der Waals surface area contributed by atoms with Crippen LogP contribution < -0.4 is 10.6 Å². The molecule has 0 saturated carbocycles. The predicted molar refractivity (Wildman–Crippen MR) is 132 cm³/mol. The summed E-state index contributed by atoms with van der Waals surface area (Å²) >= 11 is 1.88. The summed E-state index contributed by atoms with van der Waals surface area (Å²) in [5.74, 6) is 1.58. The Hall–Kier alpha value is -0.380. The van der Waals surface area contributed by atoms with E-state index in [1.807, 2.05) is 11.3 Å². The second-order valence-corrected chi connectivity index (χ2v) is 8.85. The van der Waals surface area contributed by atoms with Gasteiger partial charge in [-0.3, -0.25) is 14.8 Å². The molecule has 1 aromatic rings. The number of rotatable bonds is 7. The molecule has 5 nitrogen and oxygen atoms in total. The van der Waals surface area contributed by atoms with Gasteiger partial charge in [0.1, 0.15) is 0 Å². The maximum absolute atomic E-state index is 5.00. The molecule has 0 bridgehead atoms. The third-order valence-electron chi connectivity index (χ3n) is 6.08. The van der Waals surface area contributed by atoms with Crippen LogP contribution in [0.3, 0.4) is 0 Å². The Bertz CT molecular complexity index is 579. The Balaban J connectivity index is 0.00000280. The van der Waals surface area contributed by atoms with Crippen LogP contribution in [-0.2, 0) is 0 Å². The van der Waals surface area contributed by atoms with Crippen molar-refractivity contribution in [2.45, 2.75) is 51.6 Å². The van der Waals surface area contributed by atoms with Crippen LogP contribution in [0.2, 0.25) is 0 Å². The van der Waals surface area contributed by atoms with Gasteiger partial charge in [0.15, 0.2) is 5.96 Å². The zero-order valence-corrected chi connectivity index (χ0v) is 20.8. The minimum Gasteiger partial charge on any atom is -0.357 e. The molecule has 160 valence electrons. The molecule has 2 N–H and O–H groups in total. The van der Waals surface area contributed by atoms with Gasteiger partial charge in [-0.2, -0.15) is 0 Å². The van der Waals surface area contributed by atoms with Gasteiger partial charge in [-0.1, -0.05) is 13.0 Å². The fourth-order valence-electron chi connectivity index (χ4n) is 4.67. The number of aliphatic imine (C=N–C) groups is 1. The summed E-state index contributed by atoms with van der Waals surface area (Å²) in [5.41, 5.74) is 0. The second kappa shape index (κ2) is 12.3. The summed E-state index contributed by atoms with van der Waals surface area (Å²) in [6.45, 7) is 10.8. The van der Waals surface area contributed by atoms with Crippen molar-refractivity contribution in [1.82, 2.24) is 20.4 Å². The Labute approximate surface area is 192 Å². The number of nitrogens with zero attached hydrogens (tertiary/aromatic N) is 3. The largest absolute Gasteiger partial charge is 0.357 e. The highest BCUT2D eigenvalue weighted by Gasteiger charge is 2.31. The maximum atomic E-state index is 5.00. The van der Waals surface area contributed by atoms with E-state index in [4.69, 9.17) is 4.99 Å². The van der Waals surface area contributed by atoms with E-state index in [0.29, 0.717) is 18.0 Å². The molecule has 1 aromatic heterocycles. The van der Waals surface area contributed by atoms with Crippen LogP contribution in [0.15, 0.2) is 22.5 Å². The highest BCUT2D eigenvalue weighted by atomic mass is 127. The molecule has 0 radical (unpaired) electrons. The second-order valence-electron chi connectivity index (χ2n) is 7.87. The molecule has 2 fully saturated rings. The highest BCUT2D eigenvalue weighted by Crippen LogP contribution is 2.37. The molecule has 2 saturated heterocycles. The molecule has 3 rings (SSSR count). The van der Waals surface area contributed by atoms with Crippen LogP contribution in [0.5, 0.6) is 0 Å². The molecular weight excluding hydrogens is 481 g/mol. The summed E-state index contributed by atoms with van der Waals surface area (Å²) in [4.78, 5) is 11.6. The van der Waals surface area contributed by atoms with E-state index in [1.54, 1.807) is 0 Å². The fraction of sp³-hybridized carbons (Fsp3) is 0.762. The van der Waals surface area contributed by atoms with Crippen molar-refractivity contribution in [1.29, 1.82) is 0 Å². The number of thiophene rings is 1. The van der Waals surface area contributed by atoms with Crippen molar-refractivity contribution in [2.24, 2.45) is 10.9 Å². The molecule has 0 spiro atoms. The van der Waals surface area contributed by atoms with Gasteiger partial charge in [-0.15, -0.1) is 35.3 Å². The quantitative estimate of drug-likeness (QED) is 0.327. The lowest BCUT2D eigenvalue weighted by Crippen LogP contribution is -2.45. The molecule has 2 aliphatic heterocycles. The topological polar surface area (TPSA) is 42.9 Å². The van der Waals surface area contributed by atoms with Crippen LogP contribution in [0, 0.1) is 5.92 Å². The standard InChI is InChI=1S/C21H37N5S.HI/c1-4-22-21(24-16-18-10-7-13-26(18)5-2)23-15-17-9-6-12-25(3)20(17)19-11-8-14-27-19;/h8,11,14,17-18,20H,4-7,9-10,12-13,15-16H2,1-3H3,(H2,22,23,24);1H. The van der Waals surface area contributed by atoms with E-state index < -0.39 is 0 Å². The molecule has 3 atom stereocenters. The van der Waals surface area contributed by atoms with Crippen LogP contribution in [-0.4, -0.2) is 68.1 Å². The van der Waals surface area contributed by atoms with E-state index >= 15 is 0 Å². The van der Waals surface area contributed by atoms with Crippen molar-refractivity contribution in [2.75, 3.05) is 46.3 Å². The summed E-state index contributed by atoms with van der Waals surface area (Å²) in [5, 5.41) is 9.26. The molecule has 0 amide bonds. The molecular formula is C21H38IN5S. The zero-order valence-electron chi connectivity index (χ0n) is 17.7. The lowest BCUT2D eigenvalue weighted by Gasteiger charge is -2.38. The molecule has 7 heteroatoms. The third-order valence-corrected chi connectivity index (χ3v) is 7.02. The summed E-state index contributed by atoms with van der Waals surface area (Å²) in [6.07, 6.45) is 5.16. The van der Waals surface area contributed by atoms with Gasteiger partial charge >= 0.3 is 0 Å². The summed E-state index contributed by atoms with van der Waals surface area (Å²) in [6, 6.07) is 5.63. The van der Waals surface area contributed by atoms with Gasteiger partial charge in [-0.25, -0.2) is 0 Å². The van der Waals surface area contributed by atoms with Crippen LogP contribution in [0.4, 0.5) is 0 Å². The minimum absolute atomic E-state index is 0. The monoisotopic (exact) mass is 519 g/mol. The van der Waals surface area contributed by atoms with Crippen molar-refractivity contribution >= 4 is 41.3 Å². The molecule has 2 aliphatic rings. The number of nitrogens with one attached hydrogen (secondary N) is 2. The smallest absolute Gasteiger partial charge is 0.191 e. The Morgan fingerprint density at radius 2 is 2.04 bits per heavy atom. The normalized spacial score (nSPS) is 26.8. The van der Waals surface area contributed by atoms with Gasteiger partial charge in [0.05, 0.1) is 0 Å². The van der Waals surface area contributed by atoms with Crippen LogP contribution in [0.1, 0.15) is 50.4 Å². The average molecular weight is 520 g/mol. The number of piperidine rings is 1. The number of halogens is 1. The lowest BCUT2D eigenvalue weighted by molar-refractivity contribution is 0.128. The molecule has 0 aliphatic carbocycles. The number of guanidine groups is 1. The predicted octanol–water partition coefficient (Wildman–Crippen LogP) is 3.79. The third kappa shape index (κ3) is 6.31. The summed E-state index contributed by atoms with van der Waals surface area (Å²) in [7, 11) is 2.27. The number of hydrogen-bond donors (Lipinski definition) is 2. The molecule has 0 aromatic carbocycles. The van der Waals surface area contributed by atoms with Crippen molar-refractivity contribution in [3.63, 3.8) is 0 Å². The minimum atomic E-state index is 0. The highest BCUT2D eigenvalue weighted by molar-refractivity contribution is 14.0. The SMILES string of the molecule is CCNC(=NCC1CCCN(C)C1c1cccs1)NCC1CCCN1CC.I. The number of likely N-dealkylation sites (N-methyl/N-ethyl adjacent to an activating group) is 1. The molecule has 3 unspecified atom stereocenters. The Kier molecular flexibility index (Phi) is 10.5. The summed E-state index contributed by atoms with van der Waals surface area (Å²) < 4.78 is 0. The van der Waals surface area contributed by atoms with Gasteiger partial charge < -0.3 is 10.6 Å². The molecule has 3 heterocycles. The van der Waals surface area contributed by atoms with Crippen LogP contribution >= 0.6 is 35.3 Å². The van der Waals surface area contributed by atoms with Crippen LogP contribution in [0.25, 0.3) is 0 Å². The van der Waals surface area contributed by atoms with Crippen molar-refractivity contribution < 1.29 is 0 Å². The van der Waals surface area contributed by atoms with Gasteiger partial charge in [0.2, 0.25) is 0 Å². The van der Waals surface area contributed by atoms with Gasteiger partial charge in [-0.05, 0) is 76.7 Å². The Morgan fingerprint density at radius 3 is 2.75 bits per heavy atom. The first kappa shape index (κ1) is 23.9. The van der Waals surface area contributed by atoms with Gasteiger partial charge in [0, 0.05) is 36.6 Å². The van der Waals surface area contributed by atoms with Crippen molar-refractivity contribution in [3.05, 3.63) is 22.4 Å². The average Bonchev–Trinajstić information content (AvgIpc) is 3.35. The molecule has 28 heavy (non-hydrogen) atoms. The zero-order chi connectivity index (χ0) is 19.1. The van der Waals surface area contributed by atoms with E-state index in [1.165, 1.54) is 43.6 Å². The van der Waals surface area contributed by atoms with E-state index in [2.05, 4.69) is 58.8 Å². The van der Waals surface area contributed by atoms with E-state index in [9.17, 15) is 0 Å². The Morgan fingerprint density at radius 1 is 1.21 bits per heavy atom. The first-order chi connectivity index (χ1) is 13.2. The number of likely N-dealkylation sites (tertiary alicyclic amines) is 2. The fourth-order valence-corrected chi connectivity index (χ4v) is 5.65. The maximum Gasteiger partial charge on any atom is 0.191 e. The van der Waals surface area contributed by atoms with E-state index in [0.717, 1.165) is 32.1 Å². The first-order valence-corrected chi connectivity index (χ1v) is 11.6. The van der Waals surface area contributed by atoms with E-state index in [-0.39, 0.29) is 24.0 Å². The lowest BCUT2D eigenvalue weighted by atomic mass is 9.88. The van der Waals surface area contributed by atoms with Gasteiger partial charge in [0.25, 0.3) is 0 Å². The van der Waals surface area contributed by atoms with Crippen molar-refractivity contribution in [3.8, 4) is 0 Å². The number of hydrogen-bond acceptors (Lipinski definition) is 4.